The van der Waals surface area contributed by atoms with E-state index in [-0.39, 0.29) is 34.5 Å². The van der Waals surface area contributed by atoms with Gasteiger partial charge < -0.3 is 9.47 Å². The van der Waals surface area contributed by atoms with Gasteiger partial charge in [0.2, 0.25) is 0 Å². The van der Waals surface area contributed by atoms with Gasteiger partial charge in [0.15, 0.2) is 6.29 Å². The molecule has 0 saturated heterocycles. The predicted molar refractivity (Wildman–Crippen MR) is 76.6 cm³/mol. The topological polar surface area (TPSA) is 102 Å². The molecule has 0 bridgehead atoms. The fraction of sp³-hybridized carbons (Fsp3) is 0.308. The Morgan fingerprint density at radius 2 is 2.14 bits per heavy atom. The number of thioether (sulfide) groups is 1. The number of esters is 2. The van der Waals surface area contributed by atoms with Crippen LogP contribution in [0.15, 0.2) is 18.2 Å². The highest BCUT2D eigenvalue weighted by Crippen LogP contribution is 2.16. The van der Waals surface area contributed by atoms with Gasteiger partial charge >= 0.3 is 11.9 Å². The summed E-state index contributed by atoms with van der Waals surface area (Å²) in [5.41, 5.74) is 2.33. The number of anilines is 1. The monoisotopic (exact) mass is 313 g/mol. The van der Waals surface area contributed by atoms with Crippen LogP contribution in [0.5, 0.6) is 0 Å². The van der Waals surface area contributed by atoms with Crippen molar-refractivity contribution in [1.29, 1.82) is 0 Å². The van der Waals surface area contributed by atoms with E-state index in [1.807, 2.05) is 5.48 Å². The molecule has 0 aliphatic rings. The van der Waals surface area contributed by atoms with Crippen LogP contribution in [0.1, 0.15) is 27.6 Å². The van der Waals surface area contributed by atoms with Crippen molar-refractivity contribution in [2.45, 2.75) is 6.92 Å². The van der Waals surface area contributed by atoms with E-state index in [4.69, 9.17) is 14.7 Å². The van der Waals surface area contributed by atoms with E-state index in [1.54, 1.807) is 6.92 Å². The molecule has 21 heavy (non-hydrogen) atoms. The molecule has 0 aliphatic heterocycles. The van der Waals surface area contributed by atoms with Crippen molar-refractivity contribution >= 4 is 35.7 Å². The summed E-state index contributed by atoms with van der Waals surface area (Å²) in [6.07, 6.45) is 0.545. The van der Waals surface area contributed by atoms with Crippen molar-refractivity contribution in [2.75, 3.05) is 23.8 Å². The van der Waals surface area contributed by atoms with Crippen molar-refractivity contribution in [3.63, 3.8) is 0 Å². The van der Waals surface area contributed by atoms with Crippen molar-refractivity contribution < 1.29 is 29.1 Å². The second kappa shape index (κ2) is 8.98. The van der Waals surface area contributed by atoms with Gasteiger partial charge in [0, 0.05) is 5.56 Å². The smallest absolute Gasteiger partial charge is 0.339 e. The molecule has 0 heterocycles. The Labute approximate surface area is 125 Å². The van der Waals surface area contributed by atoms with E-state index >= 15 is 0 Å². The number of hydrogen-bond donors (Lipinski definition) is 2. The second-order valence-corrected chi connectivity index (χ2v) is 4.67. The molecule has 7 nitrogen and oxygen atoms in total. The highest BCUT2D eigenvalue weighted by molar-refractivity contribution is 7.99. The Kier molecular flexibility index (Phi) is 7.27. The molecule has 8 heteroatoms. The molecule has 1 aromatic carbocycles. The second-order valence-electron chi connectivity index (χ2n) is 3.73. The molecule has 0 spiro atoms. The lowest BCUT2D eigenvalue weighted by Crippen LogP contribution is -2.10. The summed E-state index contributed by atoms with van der Waals surface area (Å²) in [5.74, 6) is -0.912. The molecule has 0 radical (unpaired) electrons. The van der Waals surface area contributed by atoms with Gasteiger partial charge in [0.25, 0.3) is 0 Å². The van der Waals surface area contributed by atoms with Gasteiger partial charge in [0.05, 0.1) is 23.6 Å². The number of hydrogen-bond acceptors (Lipinski definition) is 8. The Morgan fingerprint density at radius 1 is 1.38 bits per heavy atom. The summed E-state index contributed by atoms with van der Waals surface area (Å²) in [6.45, 7) is 2.01. The van der Waals surface area contributed by atoms with Crippen molar-refractivity contribution in [3.8, 4) is 0 Å². The average Bonchev–Trinajstić information content (AvgIpc) is 2.50. The number of carbonyl (C=O) groups is 3. The highest BCUT2D eigenvalue weighted by Gasteiger charge is 2.11. The van der Waals surface area contributed by atoms with Crippen LogP contribution in [0.4, 0.5) is 5.69 Å². The van der Waals surface area contributed by atoms with Crippen LogP contribution in [0.2, 0.25) is 0 Å². The number of benzene rings is 1. The normalized spacial score (nSPS) is 9.81. The van der Waals surface area contributed by atoms with E-state index in [9.17, 15) is 14.4 Å². The first kappa shape index (κ1) is 17.0. The third-order valence-corrected chi connectivity index (χ3v) is 3.06. The van der Waals surface area contributed by atoms with Crippen LogP contribution >= 0.6 is 11.8 Å². The summed E-state index contributed by atoms with van der Waals surface area (Å²) in [4.78, 5) is 33.5. The van der Waals surface area contributed by atoms with Gasteiger partial charge in [-0.05, 0) is 25.1 Å². The SMILES string of the molecule is CCOC(=O)CSCOC(=O)c1ccc(C=O)c(NO)c1. The lowest BCUT2D eigenvalue weighted by Gasteiger charge is -2.07. The summed E-state index contributed by atoms with van der Waals surface area (Å²) in [7, 11) is 0. The van der Waals surface area contributed by atoms with Gasteiger partial charge in [-0.2, -0.15) is 0 Å². The third-order valence-electron chi connectivity index (χ3n) is 2.34. The molecule has 0 aromatic heterocycles. The number of aldehydes is 1. The Hall–Kier alpha value is -2.06. The van der Waals surface area contributed by atoms with Crippen LogP contribution in [0, 0.1) is 0 Å². The minimum Gasteiger partial charge on any atom is -0.465 e. The van der Waals surface area contributed by atoms with E-state index < -0.39 is 5.97 Å². The van der Waals surface area contributed by atoms with Crippen LogP contribution in [-0.4, -0.2) is 41.7 Å². The van der Waals surface area contributed by atoms with Crippen LogP contribution in [0.3, 0.4) is 0 Å². The van der Waals surface area contributed by atoms with Gasteiger partial charge in [-0.25, -0.2) is 4.79 Å². The molecule has 0 unspecified atom stereocenters. The van der Waals surface area contributed by atoms with E-state index in [2.05, 4.69) is 0 Å². The molecule has 0 saturated carbocycles. The molecule has 114 valence electrons. The molecular weight excluding hydrogens is 298 g/mol. The Balaban J connectivity index is 2.49. The molecule has 0 atom stereocenters. The van der Waals surface area contributed by atoms with Crippen molar-refractivity contribution in [2.24, 2.45) is 0 Å². The van der Waals surface area contributed by atoms with Gasteiger partial charge in [0.1, 0.15) is 5.94 Å². The zero-order valence-corrected chi connectivity index (χ0v) is 12.1. The fourth-order valence-electron chi connectivity index (χ4n) is 1.39. The predicted octanol–water partition coefficient (Wildman–Crippen LogP) is 1.71. The zero-order chi connectivity index (χ0) is 15.7. The first-order valence-corrected chi connectivity index (χ1v) is 7.17. The number of nitrogens with one attached hydrogen (secondary N) is 1. The molecule has 0 aliphatic carbocycles. The minimum absolute atomic E-state index is 0.00499. The molecule has 1 aromatic rings. The number of rotatable bonds is 8. The van der Waals surface area contributed by atoms with Crippen LogP contribution < -0.4 is 5.48 Å². The minimum atomic E-state index is -0.625. The maximum absolute atomic E-state index is 11.7. The van der Waals surface area contributed by atoms with Gasteiger partial charge in [-0.3, -0.25) is 20.3 Å². The number of ether oxygens (including phenoxy) is 2. The largest absolute Gasteiger partial charge is 0.465 e. The van der Waals surface area contributed by atoms with Crippen LogP contribution in [0.25, 0.3) is 0 Å². The number of carbonyl (C=O) groups excluding carboxylic acids is 3. The molecule has 0 amide bonds. The first-order chi connectivity index (χ1) is 10.1. The van der Waals surface area contributed by atoms with E-state index in [0.29, 0.717) is 12.9 Å². The lowest BCUT2D eigenvalue weighted by atomic mass is 10.1. The fourth-order valence-corrected chi connectivity index (χ4v) is 1.91. The van der Waals surface area contributed by atoms with E-state index in [1.165, 1.54) is 18.2 Å². The lowest BCUT2D eigenvalue weighted by molar-refractivity contribution is -0.139. The molecule has 0 fully saturated rings. The molecule has 1 rings (SSSR count). The van der Waals surface area contributed by atoms with Crippen molar-refractivity contribution in [3.05, 3.63) is 29.3 Å². The summed E-state index contributed by atoms with van der Waals surface area (Å²) < 4.78 is 9.67. The van der Waals surface area contributed by atoms with Gasteiger partial charge in [-0.15, -0.1) is 11.8 Å². The van der Waals surface area contributed by atoms with Crippen LogP contribution in [-0.2, 0) is 14.3 Å². The third kappa shape index (κ3) is 5.44. The summed E-state index contributed by atoms with van der Waals surface area (Å²) in [6, 6.07) is 4.08. The van der Waals surface area contributed by atoms with E-state index in [0.717, 1.165) is 11.8 Å². The average molecular weight is 313 g/mol. The zero-order valence-electron chi connectivity index (χ0n) is 11.3. The highest BCUT2D eigenvalue weighted by atomic mass is 32.2. The summed E-state index contributed by atoms with van der Waals surface area (Å²) in [5, 5.41) is 8.86. The Bertz CT molecular complexity index is 519. The quantitative estimate of drug-likeness (QED) is 0.246. The summed E-state index contributed by atoms with van der Waals surface area (Å²) >= 11 is 1.10. The maximum atomic E-state index is 11.7. The standard InChI is InChI=1S/C13H15NO6S/c1-2-19-12(16)7-21-8-20-13(17)9-3-4-10(6-15)11(5-9)14-18/h3-6,14,18H,2,7-8H2,1H3. The van der Waals surface area contributed by atoms with Crippen molar-refractivity contribution in [1.82, 2.24) is 0 Å². The maximum Gasteiger partial charge on any atom is 0.339 e. The Morgan fingerprint density at radius 3 is 2.76 bits per heavy atom. The van der Waals surface area contributed by atoms with Gasteiger partial charge in [-0.1, -0.05) is 0 Å². The molecular formula is C13H15NO6S. The first-order valence-electron chi connectivity index (χ1n) is 6.02. The molecule has 2 N–H and O–H groups in total.